The van der Waals surface area contributed by atoms with Gasteiger partial charge in [-0.3, -0.25) is 4.99 Å². The van der Waals surface area contributed by atoms with Crippen LogP contribution < -0.4 is 5.32 Å². The maximum absolute atomic E-state index is 3.95. The van der Waals surface area contributed by atoms with Crippen molar-refractivity contribution in [1.82, 2.24) is 5.32 Å². The second kappa shape index (κ2) is 2.45. The minimum Gasteiger partial charge on any atom is -0.372 e. The third kappa shape index (κ3) is 1.33. The summed E-state index contributed by atoms with van der Waals surface area (Å²) in [6.07, 6.45) is 1.59. The van der Waals surface area contributed by atoms with Crippen molar-refractivity contribution in [2.45, 2.75) is 6.92 Å². The number of amidine groups is 1. The Labute approximate surface area is 48.5 Å². The van der Waals surface area contributed by atoms with E-state index in [-0.39, 0.29) is 0 Å². The van der Waals surface area contributed by atoms with Gasteiger partial charge in [0.15, 0.2) is 0 Å². The highest BCUT2D eigenvalue weighted by Crippen LogP contribution is 1.76. The van der Waals surface area contributed by atoms with Crippen molar-refractivity contribution in [2.24, 2.45) is 9.98 Å². The average Bonchev–Trinajstić information content (AvgIpc) is 1.94. The molecule has 0 atom stereocenters. The van der Waals surface area contributed by atoms with E-state index < -0.39 is 0 Å². The zero-order valence-electron chi connectivity index (χ0n) is 4.89. The first-order valence-corrected chi connectivity index (χ1v) is 2.66. The lowest BCUT2D eigenvalue weighted by atomic mass is 10.6. The Morgan fingerprint density at radius 3 is 3.50 bits per heavy atom. The largest absolute Gasteiger partial charge is 0.372 e. The van der Waals surface area contributed by atoms with Gasteiger partial charge in [0.25, 0.3) is 0 Å². The molecule has 3 nitrogen and oxygen atoms in total. The lowest BCUT2D eigenvalue weighted by Gasteiger charge is -1.96. The Balaban J connectivity index is 2.52. The minimum atomic E-state index is 0.834. The van der Waals surface area contributed by atoms with Crippen LogP contribution in [0.5, 0.6) is 0 Å². The molecule has 1 N–H and O–H groups in total. The molecule has 0 saturated heterocycles. The normalized spacial score (nSPS) is 18.9. The van der Waals surface area contributed by atoms with Crippen LogP contribution in [0.1, 0.15) is 6.92 Å². The molecule has 0 saturated carbocycles. The molecule has 0 radical (unpaired) electrons. The summed E-state index contributed by atoms with van der Waals surface area (Å²) in [6, 6.07) is 0. The summed E-state index contributed by atoms with van der Waals surface area (Å²) in [5, 5.41) is 3.07. The van der Waals surface area contributed by atoms with Crippen molar-refractivity contribution in [1.29, 1.82) is 0 Å². The molecule has 0 unspecified atom stereocenters. The van der Waals surface area contributed by atoms with E-state index in [0.717, 1.165) is 18.9 Å². The SMILES string of the molecule is CC1=NC=NCCN1. The fourth-order valence-corrected chi connectivity index (χ4v) is 0.532. The fraction of sp³-hybridized carbons (Fsp3) is 0.600. The number of nitrogens with one attached hydrogen (secondary N) is 1. The predicted molar refractivity (Wildman–Crippen MR) is 34.5 cm³/mol. The molecule has 0 amide bonds. The number of aliphatic imine (C=N–C) groups is 2. The highest BCUT2D eigenvalue weighted by molar-refractivity contribution is 5.87. The van der Waals surface area contributed by atoms with E-state index in [0.29, 0.717) is 0 Å². The van der Waals surface area contributed by atoms with Gasteiger partial charge in [-0.2, -0.15) is 0 Å². The molecule has 0 aromatic carbocycles. The van der Waals surface area contributed by atoms with Gasteiger partial charge in [0.05, 0.1) is 6.54 Å². The van der Waals surface area contributed by atoms with Gasteiger partial charge >= 0.3 is 0 Å². The standard InChI is InChI=1S/C5H9N3/c1-5-7-3-2-6-4-8-5/h4H,2-3H2,1H3,(H,6,7,8). The van der Waals surface area contributed by atoms with Crippen LogP contribution in [0.2, 0.25) is 0 Å². The summed E-state index contributed by atoms with van der Waals surface area (Å²) >= 11 is 0. The molecule has 0 aliphatic carbocycles. The summed E-state index contributed by atoms with van der Waals surface area (Å²) in [5.74, 6) is 0.950. The smallest absolute Gasteiger partial charge is 0.112 e. The predicted octanol–water partition coefficient (Wildman–Crippen LogP) is 0.0363. The van der Waals surface area contributed by atoms with Crippen molar-refractivity contribution >= 4 is 12.2 Å². The first kappa shape index (κ1) is 5.28. The van der Waals surface area contributed by atoms with Crippen molar-refractivity contribution < 1.29 is 0 Å². The van der Waals surface area contributed by atoms with Crippen molar-refractivity contribution in [3.05, 3.63) is 0 Å². The molecule has 0 aromatic rings. The summed E-state index contributed by atoms with van der Waals surface area (Å²) in [4.78, 5) is 7.88. The van der Waals surface area contributed by atoms with Crippen molar-refractivity contribution in [3.8, 4) is 0 Å². The molecule has 0 aromatic heterocycles. The maximum atomic E-state index is 3.95. The third-order valence-corrected chi connectivity index (χ3v) is 0.955. The quantitative estimate of drug-likeness (QED) is 0.470. The highest BCUT2D eigenvalue weighted by Gasteiger charge is 1.89. The van der Waals surface area contributed by atoms with E-state index in [2.05, 4.69) is 15.3 Å². The van der Waals surface area contributed by atoms with Gasteiger partial charge in [-0.1, -0.05) is 0 Å². The van der Waals surface area contributed by atoms with Crippen LogP contribution in [-0.4, -0.2) is 25.3 Å². The second-order valence-electron chi connectivity index (χ2n) is 1.66. The molecule has 0 fully saturated rings. The molecule has 0 bridgehead atoms. The van der Waals surface area contributed by atoms with Gasteiger partial charge in [-0.15, -0.1) is 0 Å². The lowest BCUT2D eigenvalue weighted by molar-refractivity contribution is 0.887. The van der Waals surface area contributed by atoms with E-state index in [4.69, 9.17) is 0 Å². The molecule has 3 heteroatoms. The molecule has 0 spiro atoms. The maximum Gasteiger partial charge on any atom is 0.112 e. The Hall–Kier alpha value is -0.860. The van der Waals surface area contributed by atoms with Crippen LogP contribution in [0.3, 0.4) is 0 Å². The Morgan fingerprint density at radius 2 is 2.62 bits per heavy atom. The molecular weight excluding hydrogens is 102 g/mol. The van der Waals surface area contributed by atoms with Gasteiger partial charge in [-0.25, -0.2) is 4.99 Å². The van der Waals surface area contributed by atoms with Crippen LogP contribution in [0, 0.1) is 0 Å². The Bertz CT molecular complexity index is 126. The average molecular weight is 111 g/mol. The minimum absolute atomic E-state index is 0.834. The number of hydrogen-bond donors (Lipinski definition) is 1. The number of hydrogen-bond acceptors (Lipinski definition) is 3. The highest BCUT2D eigenvalue weighted by atomic mass is 15.0. The monoisotopic (exact) mass is 111 g/mol. The number of rotatable bonds is 0. The molecule has 1 rings (SSSR count). The topological polar surface area (TPSA) is 36.8 Å². The van der Waals surface area contributed by atoms with Crippen LogP contribution in [0.15, 0.2) is 9.98 Å². The number of nitrogens with zero attached hydrogens (tertiary/aromatic N) is 2. The molecular formula is C5H9N3. The van der Waals surface area contributed by atoms with Gasteiger partial charge in [0.2, 0.25) is 0 Å². The van der Waals surface area contributed by atoms with Crippen LogP contribution in [-0.2, 0) is 0 Å². The molecule has 1 heterocycles. The summed E-state index contributed by atoms with van der Waals surface area (Å²) in [7, 11) is 0. The zero-order valence-corrected chi connectivity index (χ0v) is 4.89. The van der Waals surface area contributed by atoms with Gasteiger partial charge in [0.1, 0.15) is 12.2 Å². The van der Waals surface area contributed by atoms with Crippen LogP contribution >= 0.6 is 0 Å². The van der Waals surface area contributed by atoms with E-state index in [1.165, 1.54) is 0 Å². The summed E-state index contributed by atoms with van der Waals surface area (Å²) in [5.41, 5.74) is 0. The first-order valence-electron chi connectivity index (χ1n) is 2.66. The molecule has 44 valence electrons. The van der Waals surface area contributed by atoms with E-state index in [9.17, 15) is 0 Å². The molecule has 1 aliphatic heterocycles. The fourth-order valence-electron chi connectivity index (χ4n) is 0.532. The summed E-state index contributed by atoms with van der Waals surface area (Å²) < 4.78 is 0. The van der Waals surface area contributed by atoms with Crippen molar-refractivity contribution in [2.75, 3.05) is 13.1 Å². The van der Waals surface area contributed by atoms with Gasteiger partial charge in [0, 0.05) is 6.54 Å². The van der Waals surface area contributed by atoms with Crippen LogP contribution in [0.25, 0.3) is 0 Å². The Morgan fingerprint density at radius 1 is 1.75 bits per heavy atom. The lowest BCUT2D eigenvalue weighted by Crippen LogP contribution is -2.21. The van der Waals surface area contributed by atoms with Crippen LogP contribution in [0.4, 0.5) is 0 Å². The zero-order chi connectivity index (χ0) is 5.82. The first-order chi connectivity index (χ1) is 3.89. The second-order valence-corrected chi connectivity index (χ2v) is 1.66. The van der Waals surface area contributed by atoms with E-state index in [1.807, 2.05) is 6.92 Å². The Kier molecular flexibility index (Phi) is 1.62. The van der Waals surface area contributed by atoms with Gasteiger partial charge < -0.3 is 5.32 Å². The van der Waals surface area contributed by atoms with E-state index in [1.54, 1.807) is 6.34 Å². The molecule has 8 heavy (non-hydrogen) atoms. The summed E-state index contributed by atoms with van der Waals surface area (Å²) in [6.45, 7) is 3.67. The van der Waals surface area contributed by atoms with Gasteiger partial charge in [-0.05, 0) is 6.92 Å². The molecule has 1 aliphatic rings. The van der Waals surface area contributed by atoms with Crippen molar-refractivity contribution in [3.63, 3.8) is 0 Å². The van der Waals surface area contributed by atoms with E-state index >= 15 is 0 Å². The third-order valence-electron chi connectivity index (χ3n) is 0.955.